The summed E-state index contributed by atoms with van der Waals surface area (Å²) >= 11 is 1.68. The van der Waals surface area contributed by atoms with Crippen molar-refractivity contribution in [3.8, 4) is 0 Å². The molecular weight excluding hydrogens is 320 g/mol. The Morgan fingerprint density at radius 3 is 2.86 bits per heavy atom. The van der Waals surface area contributed by atoms with Crippen molar-refractivity contribution in [1.82, 2.24) is 10.6 Å². The number of nitrogens with one attached hydrogen (secondary N) is 2. The number of thiophene rings is 1. The van der Waals surface area contributed by atoms with Crippen molar-refractivity contribution in [1.29, 1.82) is 0 Å². The summed E-state index contributed by atoms with van der Waals surface area (Å²) in [5.74, 6) is 0.279. The third kappa shape index (κ3) is 4.98. The zero-order valence-corrected chi connectivity index (χ0v) is 14.7. The summed E-state index contributed by atoms with van der Waals surface area (Å²) in [7, 11) is -3.02. The van der Waals surface area contributed by atoms with E-state index in [4.69, 9.17) is 0 Å². The van der Waals surface area contributed by atoms with E-state index < -0.39 is 9.84 Å². The minimum absolute atomic E-state index is 0.0504. The van der Waals surface area contributed by atoms with Crippen LogP contribution in [0.2, 0.25) is 0 Å². The minimum Gasteiger partial charge on any atom is -0.338 e. The first kappa shape index (κ1) is 17.3. The molecule has 2 rings (SSSR count). The van der Waals surface area contributed by atoms with Gasteiger partial charge in [-0.15, -0.1) is 11.3 Å². The fourth-order valence-corrected chi connectivity index (χ4v) is 4.78. The standard InChI is InChI=1S/C15H24N2O3S2/c1-11(14-7-4-8-21-14)10-16-15(18)17-12-5-3-6-13(9-12)22(2,19)20/h4,7-8,11-13H,3,5-6,9-10H2,1-2H3,(H2,16,17,18)/t11-,12+,13+/m1/s1. The molecule has 5 nitrogen and oxygen atoms in total. The second kappa shape index (κ2) is 7.46. The van der Waals surface area contributed by atoms with Gasteiger partial charge in [0.15, 0.2) is 0 Å². The highest BCUT2D eigenvalue weighted by atomic mass is 32.2. The van der Waals surface area contributed by atoms with Crippen LogP contribution < -0.4 is 10.6 Å². The quantitative estimate of drug-likeness (QED) is 0.862. The Labute approximate surface area is 136 Å². The number of carbonyl (C=O) groups is 1. The van der Waals surface area contributed by atoms with Crippen LogP contribution in [0.5, 0.6) is 0 Å². The molecule has 22 heavy (non-hydrogen) atoms. The summed E-state index contributed by atoms with van der Waals surface area (Å²) in [6.45, 7) is 2.65. The molecule has 3 atom stereocenters. The number of rotatable bonds is 5. The predicted octanol–water partition coefficient (Wildman–Crippen LogP) is 2.51. The van der Waals surface area contributed by atoms with E-state index in [1.807, 2.05) is 11.4 Å². The van der Waals surface area contributed by atoms with E-state index in [1.165, 1.54) is 11.1 Å². The van der Waals surface area contributed by atoms with Crippen molar-refractivity contribution in [2.75, 3.05) is 12.8 Å². The molecule has 0 radical (unpaired) electrons. The molecule has 0 saturated heterocycles. The fourth-order valence-electron chi connectivity index (χ4n) is 2.82. The lowest BCUT2D eigenvalue weighted by Gasteiger charge is -2.28. The van der Waals surface area contributed by atoms with Crippen LogP contribution in [0.25, 0.3) is 0 Å². The van der Waals surface area contributed by atoms with Gasteiger partial charge in [0.25, 0.3) is 0 Å². The number of hydrogen-bond acceptors (Lipinski definition) is 4. The number of amides is 2. The smallest absolute Gasteiger partial charge is 0.315 e. The molecular formula is C15H24N2O3S2. The molecule has 1 saturated carbocycles. The highest BCUT2D eigenvalue weighted by Gasteiger charge is 2.29. The third-order valence-corrected chi connectivity index (χ3v) is 6.91. The zero-order valence-electron chi connectivity index (χ0n) is 13.0. The van der Waals surface area contributed by atoms with E-state index in [2.05, 4.69) is 23.6 Å². The van der Waals surface area contributed by atoms with E-state index >= 15 is 0 Å². The Balaban J connectivity index is 1.77. The van der Waals surface area contributed by atoms with Crippen LogP contribution >= 0.6 is 11.3 Å². The first-order valence-electron chi connectivity index (χ1n) is 7.63. The van der Waals surface area contributed by atoms with Gasteiger partial charge in [-0.1, -0.05) is 19.4 Å². The van der Waals surface area contributed by atoms with Crippen molar-refractivity contribution < 1.29 is 13.2 Å². The molecule has 1 heterocycles. The lowest BCUT2D eigenvalue weighted by molar-refractivity contribution is 0.232. The number of urea groups is 1. The predicted molar refractivity (Wildman–Crippen MR) is 90.2 cm³/mol. The van der Waals surface area contributed by atoms with Gasteiger partial charge in [-0.05, 0) is 30.7 Å². The highest BCUT2D eigenvalue weighted by molar-refractivity contribution is 7.91. The first-order chi connectivity index (χ1) is 10.4. The first-order valence-corrected chi connectivity index (χ1v) is 10.5. The summed E-state index contributed by atoms with van der Waals surface area (Å²) in [5, 5.41) is 7.49. The van der Waals surface area contributed by atoms with E-state index in [1.54, 1.807) is 11.3 Å². The van der Waals surface area contributed by atoms with Crippen LogP contribution in [0.3, 0.4) is 0 Å². The van der Waals surface area contributed by atoms with E-state index in [0.29, 0.717) is 19.4 Å². The van der Waals surface area contributed by atoms with Crippen molar-refractivity contribution >= 4 is 27.2 Å². The minimum atomic E-state index is -3.02. The second-order valence-electron chi connectivity index (χ2n) is 6.09. The zero-order chi connectivity index (χ0) is 16.2. The molecule has 0 unspecified atom stereocenters. The average Bonchev–Trinajstić information content (AvgIpc) is 2.98. The molecule has 0 spiro atoms. The molecule has 1 aromatic heterocycles. The van der Waals surface area contributed by atoms with Gasteiger partial charge in [0.05, 0.1) is 5.25 Å². The third-order valence-electron chi connectivity index (χ3n) is 4.16. The molecule has 1 aliphatic rings. The average molecular weight is 345 g/mol. The monoisotopic (exact) mass is 344 g/mol. The fraction of sp³-hybridized carbons (Fsp3) is 0.667. The van der Waals surface area contributed by atoms with Gasteiger partial charge in [-0.2, -0.15) is 0 Å². The number of carbonyl (C=O) groups excluding carboxylic acids is 1. The lowest BCUT2D eigenvalue weighted by Crippen LogP contribution is -2.46. The Morgan fingerprint density at radius 1 is 1.45 bits per heavy atom. The van der Waals surface area contributed by atoms with Crippen LogP contribution in [-0.4, -0.2) is 38.5 Å². The lowest BCUT2D eigenvalue weighted by atomic mass is 9.95. The summed E-state index contributed by atoms with van der Waals surface area (Å²) in [4.78, 5) is 13.2. The van der Waals surface area contributed by atoms with Crippen molar-refractivity contribution in [2.45, 2.75) is 49.8 Å². The maximum absolute atomic E-state index is 12.0. The van der Waals surface area contributed by atoms with Crippen LogP contribution in [0, 0.1) is 0 Å². The number of sulfone groups is 1. The van der Waals surface area contributed by atoms with Gasteiger partial charge in [0.2, 0.25) is 0 Å². The molecule has 0 aromatic carbocycles. The van der Waals surface area contributed by atoms with Crippen LogP contribution in [0.4, 0.5) is 4.79 Å². The maximum Gasteiger partial charge on any atom is 0.315 e. The molecule has 1 aliphatic carbocycles. The van der Waals surface area contributed by atoms with Gasteiger partial charge in [-0.3, -0.25) is 0 Å². The topological polar surface area (TPSA) is 75.3 Å². The summed E-state index contributed by atoms with van der Waals surface area (Å²) in [6, 6.07) is 3.81. The van der Waals surface area contributed by atoms with Gasteiger partial charge in [0, 0.05) is 29.6 Å². The van der Waals surface area contributed by atoms with Gasteiger partial charge < -0.3 is 10.6 Å². The van der Waals surface area contributed by atoms with Crippen LogP contribution in [0.15, 0.2) is 17.5 Å². The van der Waals surface area contributed by atoms with Crippen molar-refractivity contribution in [3.05, 3.63) is 22.4 Å². The van der Waals surface area contributed by atoms with E-state index in [0.717, 1.165) is 12.8 Å². The Bertz CT molecular complexity index is 584. The number of hydrogen-bond donors (Lipinski definition) is 2. The van der Waals surface area contributed by atoms with Crippen molar-refractivity contribution in [2.24, 2.45) is 0 Å². The normalized spacial score (nSPS) is 23.7. The molecule has 2 N–H and O–H groups in total. The largest absolute Gasteiger partial charge is 0.338 e. The Morgan fingerprint density at radius 2 is 2.23 bits per heavy atom. The van der Waals surface area contributed by atoms with Crippen LogP contribution in [0.1, 0.15) is 43.4 Å². The molecule has 1 aromatic rings. The Kier molecular flexibility index (Phi) is 5.86. The second-order valence-corrected chi connectivity index (χ2v) is 9.39. The summed E-state index contributed by atoms with van der Waals surface area (Å²) in [6.07, 6.45) is 4.19. The highest BCUT2D eigenvalue weighted by Crippen LogP contribution is 2.24. The van der Waals surface area contributed by atoms with Gasteiger partial charge in [0.1, 0.15) is 9.84 Å². The SMILES string of the molecule is C[C@H](CNC(=O)N[C@H]1CCC[C@H](S(C)(=O)=O)C1)c1cccs1. The molecule has 0 aliphatic heterocycles. The van der Waals surface area contributed by atoms with E-state index in [9.17, 15) is 13.2 Å². The maximum atomic E-state index is 12.0. The molecule has 124 valence electrons. The van der Waals surface area contributed by atoms with E-state index in [-0.39, 0.29) is 23.2 Å². The van der Waals surface area contributed by atoms with Gasteiger partial charge >= 0.3 is 6.03 Å². The molecule has 7 heteroatoms. The van der Waals surface area contributed by atoms with Gasteiger partial charge in [-0.25, -0.2) is 13.2 Å². The molecule has 1 fully saturated rings. The Hall–Kier alpha value is -1.08. The molecule has 0 bridgehead atoms. The van der Waals surface area contributed by atoms with Crippen LogP contribution in [-0.2, 0) is 9.84 Å². The van der Waals surface area contributed by atoms with Crippen molar-refractivity contribution in [3.63, 3.8) is 0 Å². The summed E-state index contributed by atoms with van der Waals surface area (Å²) < 4.78 is 23.3. The molecule has 2 amide bonds. The summed E-state index contributed by atoms with van der Waals surface area (Å²) in [5.41, 5.74) is 0.